The van der Waals surface area contributed by atoms with Gasteiger partial charge in [-0.05, 0) is 43.5 Å². The van der Waals surface area contributed by atoms with Gasteiger partial charge in [-0.1, -0.05) is 66.7 Å². The molecule has 1 unspecified atom stereocenters. The van der Waals surface area contributed by atoms with Crippen LogP contribution in [0.2, 0.25) is 0 Å². The number of piperidine rings is 1. The van der Waals surface area contributed by atoms with Crippen molar-refractivity contribution in [2.75, 3.05) is 20.2 Å². The summed E-state index contributed by atoms with van der Waals surface area (Å²) in [6.45, 7) is 5.32. The van der Waals surface area contributed by atoms with Crippen molar-refractivity contribution in [1.82, 2.24) is 19.7 Å². The Morgan fingerprint density at radius 2 is 1.68 bits per heavy atom. The third kappa shape index (κ3) is 4.75. The number of ether oxygens (including phenoxy) is 1. The molecule has 4 aromatic rings. The van der Waals surface area contributed by atoms with Crippen molar-refractivity contribution in [3.63, 3.8) is 0 Å². The molecule has 3 heterocycles. The van der Waals surface area contributed by atoms with E-state index in [9.17, 15) is 9.59 Å². The molecule has 206 valence electrons. The predicted octanol–water partition coefficient (Wildman–Crippen LogP) is 4.85. The van der Waals surface area contributed by atoms with Gasteiger partial charge < -0.3 is 19.5 Å². The minimum Gasteiger partial charge on any atom is -0.496 e. The molecule has 1 atom stereocenters. The molecule has 1 aromatic heterocycles. The topological polar surface area (TPSA) is 66.8 Å². The summed E-state index contributed by atoms with van der Waals surface area (Å²) >= 11 is 0. The number of rotatable bonds is 7. The van der Waals surface area contributed by atoms with Crippen molar-refractivity contribution in [3.05, 3.63) is 102 Å². The molecular formula is C33H36N4O3. The number of benzene rings is 3. The summed E-state index contributed by atoms with van der Waals surface area (Å²) in [6, 6.07) is 28.1. The van der Waals surface area contributed by atoms with Gasteiger partial charge in [-0.25, -0.2) is 0 Å². The first-order chi connectivity index (χ1) is 19.5. The smallest absolute Gasteiger partial charge is 0.271 e. The molecule has 2 amide bonds. The van der Waals surface area contributed by atoms with Crippen LogP contribution in [-0.2, 0) is 24.4 Å². The summed E-state index contributed by atoms with van der Waals surface area (Å²) in [7, 11) is 1.63. The molecule has 0 bridgehead atoms. The lowest BCUT2D eigenvalue weighted by Crippen LogP contribution is -2.67. The van der Waals surface area contributed by atoms with Crippen LogP contribution in [-0.4, -0.2) is 58.0 Å². The molecule has 1 fully saturated rings. The fraction of sp³-hybridized carbons (Fsp3) is 0.333. The number of para-hydroxylation sites is 2. The number of nitrogens with one attached hydrogen (secondary N) is 1. The molecule has 2 aliphatic heterocycles. The molecular weight excluding hydrogens is 500 g/mol. The minimum absolute atomic E-state index is 0.0201. The van der Waals surface area contributed by atoms with Gasteiger partial charge in [0, 0.05) is 48.7 Å². The molecule has 1 N–H and O–H groups in total. The number of aromatic nitrogens is 1. The van der Waals surface area contributed by atoms with E-state index in [1.165, 1.54) is 5.56 Å². The summed E-state index contributed by atoms with van der Waals surface area (Å²) in [5, 5.41) is 4.17. The Kier molecular flexibility index (Phi) is 7.07. The van der Waals surface area contributed by atoms with E-state index >= 15 is 0 Å². The van der Waals surface area contributed by atoms with Crippen LogP contribution < -0.4 is 10.1 Å². The molecule has 0 saturated carbocycles. The zero-order valence-electron chi connectivity index (χ0n) is 23.2. The lowest BCUT2D eigenvalue weighted by atomic mass is 9.89. The molecule has 0 aliphatic carbocycles. The fourth-order valence-corrected chi connectivity index (χ4v) is 6.43. The lowest BCUT2D eigenvalue weighted by molar-refractivity contribution is -0.135. The maximum Gasteiger partial charge on any atom is 0.271 e. The van der Waals surface area contributed by atoms with Crippen molar-refractivity contribution < 1.29 is 14.3 Å². The van der Waals surface area contributed by atoms with E-state index in [1.807, 2.05) is 77.1 Å². The Hall–Kier alpha value is -4.10. The zero-order chi connectivity index (χ0) is 27.7. The molecule has 0 spiro atoms. The van der Waals surface area contributed by atoms with Crippen LogP contribution in [0.3, 0.4) is 0 Å². The van der Waals surface area contributed by atoms with Crippen LogP contribution in [0.4, 0.5) is 0 Å². The third-order valence-electron chi connectivity index (χ3n) is 8.54. The van der Waals surface area contributed by atoms with Gasteiger partial charge in [-0.2, -0.15) is 0 Å². The average Bonchev–Trinajstić information content (AvgIpc) is 3.36. The maximum atomic E-state index is 14.2. The monoisotopic (exact) mass is 536 g/mol. The average molecular weight is 537 g/mol. The first kappa shape index (κ1) is 26.1. The first-order valence-corrected chi connectivity index (χ1v) is 14.1. The van der Waals surface area contributed by atoms with E-state index in [0.717, 1.165) is 54.7 Å². The number of nitrogens with zero attached hydrogens (tertiary/aromatic N) is 3. The Balaban J connectivity index is 1.28. The quantitative estimate of drug-likeness (QED) is 0.367. The lowest BCUT2D eigenvalue weighted by Gasteiger charge is -2.50. The van der Waals surface area contributed by atoms with E-state index < -0.39 is 5.54 Å². The summed E-state index contributed by atoms with van der Waals surface area (Å²) in [5.41, 5.74) is 2.78. The Labute approximate surface area is 235 Å². The van der Waals surface area contributed by atoms with Crippen LogP contribution >= 0.6 is 0 Å². The second-order valence-corrected chi connectivity index (χ2v) is 11.1. The van der Waals surface area contributed by atoms with Crippen LogP contribution in [0.1, 0.15) is 41.4 Å². The Morgan fingerprint density at radius 3 is 2.45 bits per heavy atom. The van der Waals surface area contributed by atoms with Crippen molar-refractivity contribution in [2.45, 2.75) is 51.0 Å². The highest BCUT2D eigenvalue weighted by molar-refractivity contribution is 6.03. The van der Waals surface area contributed by atoms with Gasteiger partial charge in [0.1, 0.15) is 17.0 Å². The molecule has 1 saturated heterocycles. The maximum absolute atomic E-state index is 14.2. The normalized spacial score (nSPS) is 19.9. The molecule has 7 nitrogen and oxygen atoms in total. The SMILES string of the molecule is COc1ccccc1CNC(=O)C1(C)Cn2c(cc3ccccc32)C(=O)N1C1CCN(Cc2ccccc2)CC1. The highest BCUT2D eigenvalue weighted by Gasteiger charge is 2.50. The Morgan fingerprint density at radius 1 is 0.975 bits per heavy atom. The first-order valence-electron chi connectivity index (χ1n) is 14.1. The standard InChI is InChI=1S/C33H36N4O3/c1-33(32(39)34-21-26-13-7-9-15-30(26)40-2)23-36-28-14-8-6-12-25(28)20-29(36)31(38)37(33)27-16-18-35(19-17-27)22-24-10-4-3-5-11-24/h3-15,20,27H,16-19,21-23H2,1-2H3,(H,34,39). The van der Waals surface area contributed by atoms with E-state index in [4.69, 9.17) is 4.74 Å². The summed E-state index contributed by atoms with van der Waals surface area (Å²) in [5.74, 6) is 0.509. The van der Waals surface area contributed by atoms with Crippen molar-refractivity contribution in [1.29, 1.82) is 0 Å². The number of likely N-dealkylation sites (tertiary alicyclic amines) is 1. The van der Waals surface area contributed by atoms with E-state index in [-0.39, 0.29) is 17.9 Å². The number of carbonyl (C=O) groups is 2. The predicted molar refractivity (Wildman–Crippen MR) is 156 cm³/mol. The minimum atomic E-state index is -1.04. The summed E-state index contributed by atoms with van der Waals surface area (Å²) in [4.78, 5) is 32.7. The van der Waals surface area contributed by atoms with Gasteiger partial charge in [0.15, 0.2) is 0 Å². The number of methoxy groups -OCH3 is 1. The van der Waals surface area contributed by atoms with Crippen molar-refractivity contribution in [2.24, 2.45) is 0 Å². The van der Waals surface area contributed by atoms with E-state index in [2.05, 4.69) is 34.5 Å². The van der Waals surface area contributed by atoms with Crippen molar-refractivity contribution in [3.8, 4) is 5.75 Å². The second-order valence-electron chi connectivity index (χ2n) is 11.1. The van der Waals surface area contributed by atoms with Gasteiger partial charge in [0.05, 0.1) is 13.7 Å². The largest absolute Gasteiger partial charge is 0.496 e. The zero-order valence-corrected chi connectivity index (χ0v) is 23.2. The number of carbonyl (C=O) groups excluding carboxylic acids is 2. The highest BCUT2D eigenvalue weighted by Crippen LogP contribution is 2.36. The molecule has 40 heavy (non-hydrogen) atoms. The summed E-state index contributed by atoms with van der Waals surface area (Å²) in [6.07, 6.45) is 1.66. The number of hydrogen-bond acceptors (Lipinski definition) is 4. The Bertz CT molecular complexity index is 1520. The van der Waals surface area contributed by atoms with E-state index in [0.29, 0.717) is 18.8 Å². The fourth-order valence-electron chi connectivity index (χ4n) is 6.43. The highest BCUT2D eigenvalue weighted by atomic mass is 16.5. The molecule has 6 rings (SSSR count). The molecule has 3 aromatic carbocycles. The van der Waals surface area contributed by atoms with Gasteiger partial charge in [-0.3, -0.25) is 14.5 Å². The molecule has 7 heteroatoms. The van der Waals surface area contributed by atoms with Crippen molar-refractivity contribution >= 4 is 22.7 Å². The van der Waals surface area contributed by atoms with Gasteiger partial charge >= 0.3 is 0 Å². The second kappa shape index (κ2) is 10.8. The third-order valence-corrected chi connectivity index (χ3v) is 8.54. The van der Waals surface area contributed by atoms with Gasteiger partial charge in [0.25, 0.3) is 5.91 Å². The van der Waals surface area contributed by atoms with Crippen LogP contribution in [0.5, 0.6) is 5.75 Å². The van der Waals surface area contributed by atoms with E-state index in [1.54, 1.807) is 7.11 Å². The molecule has 0 radical (unpaired) electrons. The van der Waals surface area contributed by atoms with Gasteiger partial charge in [0.2, 0.25) is 5.91 Å². The van der Waals surface area contributed by atoms with Gasteiger partial charge in [-0.15, -0.1) is 0 Å². The summed E-state index contributed by atoms with van der Waals surface area (Å²) < 4.78 is 7.52. The van der Waals surface area contributed by atoms with Crippen LogP contribution in [0.25, 0.3) is 10.9 Å². The van der Waals surface area contributed by atoms with Crippen LogP contribution in [0.15, 0.2) is 84.9 Å². The number of amides is 2. The number of hydrogen-bond donors (Lipinski definition) is 1. The van der Waals surface area contributed by atoms with Crippen LogP contribution in [0, 0.1) is 0 Å². The number of fused-ring (bicyclic) bond motifs is 3. The molecule has 2 aliphatic rings.